The molecule has 24 heavy (non-hydrogen) atoms. The van der Waals surface area contributed by atoms with Crippen LogP contribution in [-0.4, -0.2) is 16.5 Å². The number of anilines is 4. The Labute approximate surface area is 140 Å². The van der Waals surface area contributed by atoms with Crippen LogP contribution in [0, 0.1) is 5.82 Å². The Bertz CT molecular complexity index is 865. The number of halogens is 1. The third-order valence-corrected chi connectivity index (χ3v) is 4.11. The minimum Gasteiger partial charge on any atom is -0.326 e. The van der Waals surface area contributed by atoms with Gasteiger partial charge in [-0.05, 0) is 48.7 Å². The molecule has 2 aromatic carbocycles. The molecule has 0 aliphatic carbocycles. The number of aryl methyl sites for hydroxylation is 1. The number of hydrogen-bond acceptors (Lipinski definition) is 4. The normalized spacial score (nSPS) is 13.5. The van der Waals surface area contributed by atoms with Crippen molar-refractivity contribution in [2.45, 2.75) is 12.8 Å². The van der Waals surface area contributed by atoms with Crippen LogP contribution in [0.15, 0.2) is 60.8 Å². The smallest absolute Gasteiger partial charge is 0.229 e. The van der Waals surface area contributed by atoms with E-state index in [0.29, 0.717) is 11.6 Å². The van der Waals surface area contributed by atoms with E-state index in [1.54, 1.807) is 18.3 Å². The summed E-state index contributed by atoms with van der Waals surface area (Å²) in [4.78, 5) is 11.1. The fourth-order valence-corrected chi connectivity index (χ4v) is 3.03. The molecule has 0 saturated carbocycles. The molecule has 4 rings (SSSR count). The zero-order chi connectivity index (χ0) is 16.4. The Kier molecular flexibility index (Phi) is 3.83. The van der Waals surface area contributed by atoms with Crippen molar-refractivity contribution >= 4 is 23.1 Å². The zero-order valence-electron chi connectivity index (χ0n) is 13.1. The quantitative estimate of drug-likeness (QED) is 0.774. The molecule has 0 saturated heterocycles. The van der Waals surface area contributed by atoms with E-state index in [1.807, 2.05) is 12.1 Å². The highest BCUT2D eigenvalue weighted by Crippen LogP contribution is 2.32. The van der Waals surface area contributed by atoms with E-state index in [0.717, 1.165) is 25.2 Å². The predicted octanol–water partition coefficient (Wildman–Crippen LogP) is 4.44. The average Bonchev–Trinajstić information content (AvgIpc) is 2.61. The second-order valence-electron chi connectivity index (χ2n) is 5.76. The first kappa shape index (κ1) is 14.6. The molecule has 1 N–H and O–H groups in total. The van der Waals surface area contributed by atoms with Gasteiger partial charge in [-0.25, -0.2) is 9.37 Å². The largest absolute Gasteiger partial charge is 0.326 e. The van der Waals surface area contributed by atoms with Crippen molar-refractivity contribution in [1.29, 1.82) is 0 Å². The summed E-state index contributed by atoms with van der Waals surface area (Å²) >= 11 is 0. The van der Waals surface area contributed by atoms with Gasteiger partial charge < -0.3 is 10.2 Å². The van der Waals surface area contributed by atoms with Crippen molar-refractivity contribution in [3.8, 4) is 0 Å². The number of nitrogens with zero attached hydrogens (tertiary/aromatic N) is 3. The van der Waals surface area contributed by atoms with E-state index in [1.165, 1.54) is 23.4 Å². The van der Waals surface area contributed by atoms with Gasteiger partial charge in [-0.3, -0.25) is 0 Å². The van der Waals surface area contributed by atoms with E-state index in [2.05, 4.69) is 38.4 Å². The van der Waals surface area contributed by atoms with Crippen molar-refractivity contribution < 1.29 is 4.39 Å². The average molecular weight is 320 g/mol. The molecule has 5 heteroatoms. The van der Waals surface area contributed by atoms with Crippen LogP contribution in [0.1, 0.15) is 12.0 Å². The molecule has 0 radical (unpaired) electrons. The lowest BCUT2D eigenvalue weighted by atomic mass is 10.0. The third-order valence-electron chi connectivity index (χ3n) is 4.11. The maximum absolute atomic E-state index is 13.3. The van der Waals surface area contributed by atoms with Gasteiger partial charge in [0.25, 0.3) is 0 Å². The predicted molar refractivity (Wildman–Crippen MR) is 93.5 cm³/mol. The fourth-order valence-electron chi connectivity index (χ4n) is 3.03. The molecule has 1 aliphatic rings. The molecule has 1 aromatic heterocycles. The second kappa shape index (κ2) is 6.28. The zero-order valence-corrected chi connectivity index (χ0v) is 13.1. The van der Waals surface area contributed by atoms with Crippen LogP contribution in [0.5, 0.6) is 0 Å². The molecule has 0 unspecified atom stereocenters. The number of aromatic nitrogens is 2. The first-order valence-corrected chi connectivity index (χ1v) is 8.01. The lowest BCUT2D eigenvalue weighted by Gasteiger charge is -2.30. The van der Waals surface area contributed by atoms with Crippen LogP contribution in [-0.2, 0) is 6.42 Å². The lowest BCUT2D eigenvalue weighted by Crippen LogP contribution is -2.25. The molecule has 4 nitrogen and oxygen atoms in total. The summed E-state index contributed by atoms with van der Waals surface area (Å²) in [6.07, 6.45) is 3.90. The highest BCUT2D eigenvalue weighted by Gasteiger charge is 2.19. The molecule has 0 amide bonds. The summed E-state index contributed by atoms with van der Waals surface area (Å²) in [6, 6.07) is 16.6. The van der Waals surface area contributed by atoms with Crippen molar-refractivity contribution in [3.63, 3.8) is 0 Å². The van der Waals surface area contributed by atoms with E-state index in [4.69, 9.17) is 0 Å². The Morgan fingerprint density at radius 2 is 1.96 bits per heavy atom. The Hall–Kier alpha value is -2.95. The van der Waals surface area contributed by atoms with Crippen LogP contribution in [0.3, 0.4) is 0 Å². The van der Waals surface area contributed by atoms with E-state index in [-0.39, 0.29) is 5.82 Å². The van der Waals surface area contributed by atoms with Crippen molar-refractivity contribution in [3.05, 3.63) is 72.2 Å². The Morgan fingerprint density at radius 1 is 1.04 bits per heavy atom. The van der Waals surface area contributed by atoms with Crippen LogP contribution >= 0.6 is 0 Å². The first-order valence-electron chi connectivity index (χ1n) is 8.01. The molecular formula is C19H17FN4. The number of rotatable bonds is 3. The van der Waals surface area contributed by atoms with Crippen LogP contribution in [0.25, 0.3) is 0 Å². The molecule has 0 bridgehead atoms. The molecule has 3 aromatic rings. The number of fused-ring (bicyclic) bond motifs is 1. The first-order chi connectivity index (χ1) is 11.8. The molecule has 1 aliphatic heterocycles. The Morgan fingerprint density at radius 3 is 2.88 bits per heavy atom. The van der Waals surface area contributed by atoms with Crippen molar-refractivity contribution in [1.82, 2.24) is 9.97 Å². The molecule has 0 spiro atoms. The minimum absolute atomic E-state index is 0.291. The minimum atomic E-state index is -0.291. The second-order valence-corrected chi connectivity index (χ2v) is 5.76. The summed E-state index contributed by atoms with van der Waals surface area (Å²) in [5.74, 6) is 1.01. The number of para-hydroxylation sites is 1. The van der Waals surface area contributed by atoms with Gasteiger partial charge in [-0.15, -0.1) is 0 Å². The van der Waals surface area contributed by atoms with Gasteiger partial charge in [0.05, 0.1) is 0 Å². The topological polar surface area (TPSA) is 41.1 Å². The van der Waals surface area contributed by atoms with Gasteiger partial charge in [0, 0.05) is 24.1 Å². The van der Waals surface area contributed by atoms with E-state index < -0.39 is 0 Å². The maximum Gasteiger partial charge on any atom is 0.229 e. The summed E-state index contributed by atoms with van der Waals surface area (Å²) < 4.78 is 13.3. The summed E-state index contributed by atoms with van der Waals surface area (Å²) in [5.41, 5.74) is 3.16. The summed E-state index contributed by atoms with van der Waals surface area (Å²) in [7, 11) is 0. The highest BCUT2D eigenvalue weighted by atomic mass is 19.1. The SMILES string of the molecule is Fc1cccc(Nc2nccc(N3CCCc4ccccc43)n2)c1. The van der Waals surface area contributed by atoms with Gasteiger partial charge in [-0.1, -0.05) is 24.3 Å². The number of hydrogen-bond donors (Lipinski definition) is 1. The van der Waals surface area contributed by atoms with Crippen LogP contribution in [0.2, 0.25) is 0 Å². The molecule has 120 valence electrons. The fraction of sp³-hybridized carbons (Fsp3) is 0.158. The third kappa shape index (κ3) is 2.93. The number of nitrogens with one attached hydrogen (secondary N) is 1. The molecular weight excluding hydrogens is 303 g/mol. The number of benzene rings is 2. The van der Waals surface area contributed by atoms with Gasteiger partial charge in [-0.2, -0.15) is 4.98 Å². The maximum atomic E-state index is 13.3. The highest BCUT2D eigenvalue weighted by molar-refractivity contribution is 5.66. The van der Waals surface area contributed by atoms with E-state index in [9.17, 15) is 4.39 Å². The van der Waals surface area contributed by atoms with Crippen LogP contribution in [0.4, 0.5) is 27.5 Å². The molecule has 2 heterocycles. The van der Waals surface area contributed by atoms with Gasteiger partial charge >= 0.3 is 0 Å². The monoisotopic (exact) mass is 320 g/mol. The van der Waals surface area contributed by atoms with Crippen LogP contribution < -0.4 is 10.2 Å². The summed E-state index contributed by atoms with van der Waals surface area (Å²) in [6.45, 7) is 0.924. The molecule has 0 atom stereocenters. The van der Waals surface area contributed by atoms with Crippen molar-refractivity contribution in [2.75, 3.05) is 16.8 Å². The van der Waals surface area contributed by atoms with Crippen molar-refractivity contribution in [2.24, 2.45) is 0 Å². The van der Waals surface area contributed by atoms with E-state index >= 15 is 0 Å². The summed E-state index contributed by atoms with van der Waals surface area (Å²) in [5, 5.41) is 3.06. The lowest BCUT2D eigenvalue weighted by molar-refractivity contribution is 0.628. The van der Waals surface area contributed by atoms with Gasteiger partial charge in [0.2, 0.25) is 5.95 Å². The van der Waals surface area contributed by atoms with Gasteiger partial charge in [0.15, 0.2) is 0 Å². The Balaban J connectivity index is 1.64. The molecule has 0 fully saturated rings. The standard InChI is InChI=1S/C19H17FN4/c20-15-7-3-8-16(13-15)22-19-21-11-10-18(23-19)24-12-4-6-14-5-1-2-9-17(14)24/h1-3,5,7-11,13H,4,6,12H2,(H,21,22,23). The van der Waals surface area contributed by atoms with Gasteiger partial charge in [0.1, 0.15) is 11.6 Å².